The van der Waals surface area contributed by atoms with E-state index in [0.717, 1.165) is 0 Å². The van der Waals surface area contributed by atoms with Crippen molar-refractivity contribution in [2.75, 3.05) is 0 Å². The highest BCUT2D eigenvalue weighted by Crippen LogP contribution is 2.63. The van der Waals surface area contributed by atoms with Gasteiger partial charge in [0.15, 0.2) is 0 Å². The van der Waals surface area contributed by atoms with E-state index in [0.29, 0.717) is 0 Å². The average Bonchev–Trinajstić information content (AvgIpc) is 2.80. The summed E-state index contributed by atoms with van der Waals surface area (Å²) in [6.45, 7) is 0. The van der Waals surface area contributed by atoms with E-state index in [-0.39, 0.29) is 0 Å². The lowest BCUT2D eigenvalue weighted by molar-refractivity contribution is -0.433. The van der Waals surface area contributed by atoms with Crippen LogP contribution in [0.1, 0.15) is 0 Å². The summed E-state index contributed by atoms with van der Waals surface area (Å²) in [5.74, 6) is -71.9. The van der Waals surface area contributed by atoms with Crippen LogP contribution in [-0.4, -0.2) is 98.7 Å². The molecule has 0 radical (unpaired) electrons. The minimum atomic E-state index is -9.41. The summed E-state index contributed by atoms with van der Waals surface area (Å²) in [5, 5.41) is -17.8. The molecule has 0 aliphatic rings. The van der Waals surface area contributed by atoms with Crippen molar-refractivity contribution in [1.29, 1.82) is 0 Å². The Balaban J connectivity index is 7.47. The molecule has 0 amide bonds. The van der Waals surface area contributed by atoms with Crippen LogP contribution in [0.4, 0.5) is 114 Å². The molecule has 0 aliphatic carbocycles. The van der Waals surface area contributed by atoms with Crippen LogP contribution in [0.25, 0.3) is 0 Å². The van der Waals surface area contributed by atoms with Gasteiger partial charge in [0.1, 0.15) is 0 Å². The molecule has 46 heavy (non-hydrogen) atoms. The highest BCUT2D eigenvalue weighted by molar-refractivity contribution is 8.06. The molecule has 0 atom stereocenters. The summed E-state index contributed by atoms with van der Waals surface area (Å²) >= 11 is 0. The van der Waals surface area contributed by atoms with Gasteiger partial charge in [-0.3, -0.25) is 0 Å². The fraction of sp³-hybridized carbons (Fsp3) is 1.00. The third-order valence-electron chi connectivity index (χ3n) is 5.13. The highest BCUT2D eigenvalue weighted by atomic mass is 32.3. The Morgan fingerprint density at radius 2 is 0.457 bits per heavy atom. The van der Waals surface area contributed by atoms with Crippen molar-refractivity contribution < 1.29 is 131 Å². The Morgan fingerprint density at radius 1 is 0.304 bits per heavy atom. The second-order valence-electron chi connectivity index (χ2n) is 8.01. The van der Waals surface area contributed by atoms with E-state index >= 15 is 0 Å². The number of rotatable bonds is 12. The Hall–Kier alpha value is -1.90. The van der Waals surface area contributed by atoms with Gasteiger partial charge in [-0.2, -0.15) is 114 Å². The molecule has 0 fully saturated rings. The first-order valence-electron chi connectivity index (χ1n) is 9.30. The zero-order valence-corrected chi connectivity index (χ0v) is 21.4. The van der Waals surface area contributed by atoms with Gasteiger partial charge in [-0.15, -0.1) is 3.62 Å². The van der Waals surface area contributed by atoms with E-state index < -0.39 is 102 Å². The molecule has 34 heteroatoms. The summed E-state index contributed by atoms with van der Waals surface area (Å²) in [6.07, 6.45) is -16.3. The first-order valence-corrected chi connectivity index (χ1v) is 12.2. The zero-order chi connectivity index (χ0) is 38.6. The molecule has 0 unspecified atom stereocenters. The van der Waals surface area contributed by atoms with Crippen molar-refractivity contribution in [1.82, 2.24) is 3.62 Å². The quantitative estimate of drug-likeness (QED) is 0.183. The van der Waals surface area contributed by atoms with Crippen LogP contribution in [0.15, 0.2) is 0 Å². The van der Waals surface area contributed by atoms with Crippen molar-refractivity contribution in [2.24, 2.45) is 0 Å². The van der Waals surface area contributed by atoms with Gasteiger partial charge in [-0.25, -0.2) is 16.8 Å². The molecule has 5 nitrogen and oxygen atoms in total. The normalized spacial score (nSPS) is 17.1. The third-order valence-corrected chi connectivity index (χ3v) is 9.47. The Morgan fingerprint density at radius 3 is 0.609 bits per heavy atom. The molecule has 0 N–H and O–H groups in total. The molecule has 0 bridgehead atoms. The number of alkyl halides is 26. The van der Waals surface area contributed by atoms with E-state index in [4.69, 9.17) is 0 Å². The van der Waals surface area contributed by atoms with Crippen LogP contribution < -0.4 is 0 Å². The van der Waals surface area contributed by atoms with Gasteiger partial charge in [-0.1, -0.05) is 0 Å². The van der Waals surface area contributed by atoms with Crippen molar-refractivity contribution in [3.05, 3.63) is 0 Å². The summed E-state index contributed by atoms with van der Waals surface area (Å²) in [5.41, 5.74) is 0. The molecule has 0 aromatic carbocycles. The first-order chi connectivity index (χ1) is 19.2. The van der Waals surface area contributed by atoms with Gasteiger partial charge < -0.3 is 0 Å². The SMILES string of the molecule is BN(S(=O)(=O)C(F)(F)C(F)(F)C(F)(F)C(F)(F)C(F)(F)C(F)(F)F)S(=O)(=O)C(F)(F)C(F)(F)C(F)(F)C(F)(F)C(F)(F)C(F)(F)F. The van der Waals surface area contributed by atoms with E-state index in [1.807, 2.05) is 0 Å². The maximum Gasteiger partial charge on any atom is 0.460 e. The highest BCUT2D eigenvalue weighted by Gasteiger charge is 2.95. The van der Waals surface area contributed by atoms with Crippen LogP contribution in [0.3, 0.4) is 0 Å². The van der Waals surface area contributed by atoms with Crippen LogP contribution in [0, 0.1) is 0 Å². The standard InChI is InChI=1S/C12H2BF26NO4S2/c13-40(45(41,42)11(36,37)7(26,27)3(18,19)1(14,15)5(22,23)9(30,31)32)46(43,44)12(38,39)8(28,29)4(20,21)2(16,17)6(24,25)10(33,34)35/h13H2. The predicted molar refractivity (Wildman–Crippen MR) is 89.8 cm³/mol. The molecule has 0 aromatic rings. The maximum absolute atomic E-state index is 14.0. The maximum atomic E-state index is 14.0. The molecule has 0 aromatic heterocycles. The second-order valence-corrected chi connectivity index (χ2v) is 12.3. The number of nitrogens with zero attached hydrogens (tertiary/aromatic N) is 1. The van der Waals surface area contributed by atoms with Gasteiger partial charge in [0.2, 0.25) is 7.98 Å². The number of hydrogen-bond acceptors (Lipinski definition) is 4. The first kappa shape index (κ1) is 44.1. The van der Waals surface area contributed by atoms with Crippen LogP contribution in [0.5, 0.6) is 0 Å². The fourth-order valence-electron chi connectivity index (χ4n) is 2.29. The van der Waals surface area contributed by atoms with Crippen molar-refractivity contribution in [3.63, 3.8) is 0 Å². The molecule has 0 saturated heterocycles. The number of hydrogen-bond donors (Lipinski definition) is 0. The lowest BCUT2D eigenvalue weighted by atomic mass is 9.98. The number of halogens is 26. The summed E-state index contributed by atoms with van der Waals surface area (Å²) < 4.78 is 383. The summed E-state index contributed by atoms with van der Waals surface area (Å²) in [6, 6.07) is 0. The molecular formula is C12H2BF26NO4S2. The monoisotopic (exact) mass is 793 g/mol. The van der Waals surface area contributed by atoms with Crippen LogP contribution in [-0.2, 0) is 20.0 Å². The third kappa shape index (κ3) is 5.10. The minimum absolute atomic E-state index is 1.89. The summed E-state index contributed by atoms with van der Waals surface area (Å²) in [7, 11) is -20.7. The predicted octanol–water partition coefficient (Wildman–Crippen LogP) is 5.89. The van der Waals surface area contributed by atoms with Crippen LogP contribution in [0.2, 0.25) is 0 Å². The van der Waals surface area contributed by atoms with Gasteiger partial charge in [0.05, 0.1) is 0 Å². The lowest BCUT2D eigenvalue weighted by Crippen LogP contribution is -2.73. The topological polar surface area (TPSA) is 71.5 Å². The largest absolute Gasteiger partial charge is 0.460 e. The molecule has 0 heterocycles. The lowest BCUT2D eigenvalue weighted by Gasteiger charge is -2.41. The van der Waals surface area contributed by atoms with E-state index in [9.17, 15) is 131 Å². The molecule has 0 rings (SSSR count). The average molecular weight is 793 g/mol. The van der Waals surface area contributed by atoms with E-state index in [1.54, 1.807) is 0 Å². The van der Waals surface area contributed by atoms with Gasteiger partial charge in [-0.05, 0) is 0 Å². The molecule has 0 aliphatic heterocycles. The Labute approximate surface area is 234 Å². The van der Waals surface area contributed by atoms with Crippen molar-refractivity contribution in [2.45, 2.75) is 70.2 Å². The van der Waals surface area contributed by atoms with Crippen molar-refractivity contribution in [3.8, 4) is 0 Å². The minimum Gasteiger partial charge on any atom is -0.206 e. The van der Waals surface area contributed by atoms with Gasteiger partial charge in [0, 0.05) is 0 Å². The zero-order valence-electron chi connectivity index (χ0n) is 19.7. The molecule has 276 valence electrons. The Kier molecular flexibility index (Phi) is 10.1. The second kappa shape index (κ2) is 10.6. The van der Waals surface area contributed by atoms with Gasteiger partial charge in [0.25, 0.3) is 20.0 Å². The van der Waals surface area contributed by atoms with E-state index in [2.05, 4.69) is 0 Å². The molecule has 0 spiro atoms. The van der Waals surface area contributed by atoms with Crippen molar-refractivity contribution >= 4 is 28.0 Å². The number of sulfonamides is 2. The Bertz CT molecular complexity index is 1270. The van der Waals surface area contributed by atoms with Gasteiger partial charge >= 0.3 is 70.2 Å². The van der Waals surface area contributed by atoms with Crippen LogP contribution >= 0.6 is 0 Å². The molecule has 0 saturated carbocycles. The molecular weight excluding hydrogens is 791 g/mol. The van der Waals surface area contributed by atoms with E-state index in [1.165, 1.54) is 0 Å². The smallest absolute Gasteiger partial charge is 0.206 e. The fourth-order valence-corrected chi connectivity index (χ4v) is 5.43. The summed E-state index contributed by atoms with van der Waals surface area (Å²) in [4.78, 5) is 0.